The molecule has 0 unspecified atom stereocenters. The SMILES string of the molecule is O=C(CSc1nc2cc(Cl)ccc2n1Cc1ccccc1)O[C@@H]1CCOC1=O. The minimum Gasteiger partial charge on any atom is -0.463 e. The van der Waals surface area contributed by atoms with Gasteiger partial charge in [-0.3, -0.25) is 4.79 Å². The molecule has 1 aromatic heterocycles. The predicted octanol–water partition coefficient (Wildman–Crippen LogP) is 3.69. The predicted molar refractivity (Wildman–Crippen MR) is 106 cm³/mol. The van der Waals surface area contributed by atoms with Crippen molar-refractivity contribution in [1.82, 2.24) is 9.55 Å². The Kier molecular flexibility index (Phi) is 5.54. The summed E-state index contributed by atoms with van der Waals surface area (Å²) in [5.74, 6) is -0.898. The van der Waals surface area contributed by atoms with E-state index < -0.39 is 18.0 Å². The number of nitrogens with zero attached hydrogens (tertiary/aromatic N) is 2. The third-order valence-corrected chi connectivity index (χ3v) is 5.52. The van der Waals surface area contributed by atoms with Gasteiger partial charge < -0.3 is 14.0 Å². The molecule has 28 heavy (non-hydrogen) atoms. The molecule has 2 heterocycles. The number of fused-ring (bicyclic) bond motifs is 1. The van der Waals surface area contributed by atoms with Crippen LogP contribution in [0.2, 0.25) is 5.02 Å². The van der Waals surface area contributed by atoms with Crippen LogP contribution < -0.4 is 0 Å². The Morgan fingerprint density at radius 2 is 2.11 bits per heavy atom. The van der Waals surface area contributed by atoms with Gasteiger partial charge in [0, 0.05) is 11.4 Å². The number of halogens is 1. The number of carbonyl (C=O) groups is 2. The lowest BCUT2D eigenvalue weighted by Crippen LogP contribution is -2.23. The molecule has 1 fully saturated rings. The molecule has 2 aromatic carbocycles. The van der Waals surface area contributed by atoms with Gasteiger partial charge in [0.25, 0.3) is 0 Å². The van der Waals surface area contributed by atoms with E-state index in [4.69, 9.17) is 21.1 Å². The highest BCUT2D eigenvalue weighted by Crippen LogP contribution is 2.27. The van der Waals surface area contributed by atoms with Crippen LogP contribution in [0.15, 0.2) is 53.7 Å². The molecule has 0 bridgehead atoms. The molecule has 144 valence electrons. The number of ether oxygens (including phenoxy) is 2. The molecule has 1 aliphatic rings. The summed E-state index contributed by atoms with van der Waals surface area (Å²) < 4.78 is 12.1. The van der Waals surface area contributed by atoms with Crippen molar-refractivity contribution in [3.63, 3.8) is 0 Å². The first kappa shape index (κ1) is 18.8. The summed E-state index contributed by atoms with van der Waals surface area (Å²) >= 11 is 7.38. The van der Waals surface area contributed by atoms with E-state index in [9.17, 15) is 9.59 Å². The molecule has 1 aliphatic heterocycles. The Bertz CT molecular complexity index is 1020. The number of benzene rings is 2. The monoisotopic (exact) mass is 416 g/mol. The molecule has 0 saturated carbocycles. The molecule has 0 N–H and O–H groups in total. The first-order valence-corrected chi connectivity index (χ1v) is 10.1. The minimum absolute atomic E-state index is 0.0512. The number of hydrogen-bond donors (Lipinski definition) is 0. The molecule has 0 aliphatic carbocycles. The van der Waals surface area contributed by atoms with Gasteiger partial charge in [-0.05, 0) is 23.8 Å². The summed E-state index contributed by atoms with van der Waals surface area (Å²) in [7, 11) is 0. The highest BCUT2D eigenvalue weighted by molar-refractivity contribution is 7.99. The van der Waals surface area contributed by atoms with Crippen LogP contribution in [-0.2, 0) is 25.6 Å². The first-order valence-electron chi connectivity index (χ1n) is 8.79. The van der Waals surface area contributed by atoms with Crippen LogP contribution in [0.4, 0.5) is 0 Å². The van der Waals surface area contributed by atoms with Crippen molar-refractivity contribution >= 4 is 46.3 Å². The number of aromatic nitrogens is 2. The maximum atomic E-state index is 12.1. The quantitative estimate of drug-likeness (QED) is 0.451. The van der Waals surface area contributed by atoms with Crippen molar-refractivity contribution in [2.75, 3.05) is 12.4 Å². The summed E-state index contributed by atoms with van der Waals surface area (Å²) in [4.78, 5) is 28.2. The van der Waals surface area contributed by atoms with Crippen LogP contribution in [-0.4, -0.2) is 40.0 Å². The van der Waals surface area contributed by atoms with E-state index in [0.717, 1.165) is 16.6 Å². The lowest BCUT2D eigenvalue weighted by atomic mass is 10.2. The molecule has 1 atom stereocenters. The number of esters is 2. The topological polar surface area (TPSA) is 70.4 Å². The highest BCUT2D eigenvalue weighted by Gasteiger charge is 2.30. The molecule has 3 aromatic rings. The summed E-state index contributed by atoms with van der Waals surface area (Å²) in [5, 5.41) is 1.29. The number of rotatable bonds is 6. The summed E-state index contributed by atoms with van der Waals surface area (Å²) in [6, 6.07) is 15.6. The Balaban J connectivity index is 1.54. The zero-order valence-corrected chi connectivity index (χ0v) is 16.4. The van der Waals surface area contributed by atoms with Crippen LogP contribution in [0.3, 0.4) is 0 Å². The van der Waals surface area contributed by atoms with Gasteiger partial charge in [-0.1, -0.05) is 53.7 Å². The molecular weight excluding hydrogens is 400 g/mol. The van der Waals surface area contributed by atoms with Gasteiger partial charge in [-0.25, -0.2) is 9.78 Å². The van der Waals surface area contributed by atoms with Crippen molar-refractivity contribution in [2.24, 2.45) is 0 Å². The van der Waals surface area contributed by atoms with Gasteiger partial charge in [0.2, 0.25) is 6.10 Å². The van der Waals surface area contributed by atoms with Crippen molar-refractivity contribution < 1.29 is 19.1 Å². The molecule has 0 amide bonds. The van der Waals surface area contributed by atoms with Gasteiger partial charge >= 0.3 is 11.9 Å². The molecule has 0 radical (unpaired) electrons. The number of cyclic esters (lactones) is 1. The van der Waals surface area contributed by atoms with E-state index in [0.29, 0.717) is 23.1 Å². The number of hydrogen-bond acceptors (Lipinski definition) is 6. The lowest BCUT2D eigenvalue weighted by Gasteiger charge is -2.10. The Hall–Kier alpha value is -2.51. The summed E-state index contributed by atoms with van der Waals surface area (Å²) in [6.45, 7) is 0.906. The average Bonchev–Trinajstić information content (AvgIpc) is 3.24. The van der Waals surface area contributed by atoms with E-state index in [1.807, 2.05) is 47.0 Å². The molecule has 8 heteroatoms. The third-order valence-electron chi connectivity index (χ3n) is 4.34. The molecule has 1 saturated heterocycles. The van der Waals surface area contributed by atoms with Gasteiger partial charge in [0.1, 0.15) is 0 Å². The molecule has 0 spiro atoms. The van der Waals surface area contributed by atoms with Gasteiger partial charge in [-0.2, -0.15) is 0 Å². The summed E-state index contributed by atoms with van der Waals surface area (Å²) in [5.41, 5.74) is 2.82. The van der Waals surface area contributed by atoms with Crippen molar-refractivity contribution in [1.29, 1.82) is 0 Å². The van der Waals surface area contributed by atoms with E-state index in [1.54, 1.807) is 6.07 Å². The highest BCUT2D eigenvalue weighted by atomic mass is 35.5. The van der Waals surface area contributed by atoms with Gasteiger partial charge in [0.15, 0.2) is 5.16 Å². The fourth-order valence-corrected chi connectivity index (χ4v) is 3.97. The van der Waals surface area contributed by atoms with Crippen LogP contribution in [0.1, 0.15) is 12.0 Å². The van der Waals surface area contributed by atoms with Crippen LogP contribution in [0.25, 0.3) is 11.0 Å². The third kappa shape index (κ3) is 4.15. The maximum absolute atomic E-state index is 12.1. The van der Waals surface area contributed by atoms with Crippen molar-refractivity contribution in [3.05, 3.63) is 59.1 Å². The standard InChI is InChI=1S/C20H17ClN2O4S/c21-14-6-7-16-15(10-14)22-20(23(16)11-13-4-2-1-3-5-13)28-12-18(24)27-17-8-9-26-19(17)25/h1-7,10,17H,8-9,11-12H2/t17-/m1/s1. The molecule has 6 nitrogen and oxygen atoms in total. The minimum atomic E-state index is -0.796. The van der Waals surface area contributed by atoms with E-state index in [-0.39, 0.29) is 12.4 Å². The number of thioether (sulfide) groups is 1. The van der Waals surface area contributed by atoms with Crippen LogP contribution in [0, 0.1) is 0 Å². The molecular formula is C20H17ClN2O4S. The number of carbonyl (C=O) groups excluding carboxylic acids is 2. The van der Waals surface area contributed by atoms with Crippen LogP contribution >= 0.6 is 23.4 Å². The Morgan fingerprint density at radius 1 is 1.29 bits per heavy atom. The largest absolute Gasteiger partial charge is 0.463 e. The molecule has 4 rings (SSSR count). The van der Waals surface area contributed by atoms with E-state index in [2.05, 4.69) is 4.98 Å². The lowest BCUT2D eigenvalue weighted by molar-refractivity contribution is -0.158. The zero-order chi connectivity index (χ0) is 19.5. The summed E-state index contributed by atoms with van der Waals surface area (Å²) in [6.07, 6.45) is -0.393. The number of imidazole rings is 1. The fourth-order valence-electron chi connectivity index (χ4n) is 3.01. The van der Waals surface area contributed by atoms with E-state index in [1.165, 1.54) is 11.8 Å². The Labute approximate surface area is 170 Å². The normalized spacial score (nSPS) is 16.3. The van der Waals surface area contributed by atoms with Crippen molar-refractivity contribution in [2.45, 2.75) is 24.2 Å². The average molecular weight is 417 g/mol. The fraction of sp³-hybridized carbons (Fsp3) is 0.250. The Morgan fingerprint density at radius 3 is 2.86 bits per heavy atom. The van der Waals surface area contributed by atoms with E-state index >= 15 is 0 Å². The van der Waals surface area contributed by atoms with Gasteiger partial charge in [-0.15, -0.1) is 0 Å². The van der Waals surface area contributed by atoms with Crippen LogP contribution in [0.5, 0.6) is 0 Å². The van der Waals surface area contributed by atoms with Gasteiger partial charge in [0.05, 0.1) is 29.9 Å². The second-order valence-corrected chi connectivity index (χ2v) is 7.70. The second-order valence-electron chi connectivity index (χ2n) is 6.32. The zero-order valence-electron chi connectivity index (χ0n) is 14.8. The smallest absolute Gasteiger partial charge is 0.347 e. The second kappa shape index (κ2) is 8.24. The van der Waals surface area contributed by atoms with Crippen molar-refractivity contribution in [3.8, 4) is 0 Å². The maximum Gasteiger partial charge on any atom is 0.347 e. The first-order chi connectivity index (χ1) is 13.6.